The standard InChI is InChI=1S/C13H12N4S/c1-14-11-7-12(16-8-15-11)18-13-6-9-4-2-3-5-10(9)17-13/h2-8,17H,1H3,(H,14,15,16). The monoisotopic (exact) mass is 256 g/mol. The number of nitrogens with zero attached hydrogens (tertiary/aromatic N) is 2. The Morgan fingerprint density at radius 2 is 2.06 bits per heavy atom. The Labute approximate surface area is 109 Å². The van der Waals surface area contributed by atoms with Crippen molar-refractivity contribution in [3.8, 4) is 0 Å². The van der Waals surface area contributed by atoms with Crippen molar-refractivity contribution < 1.29 is 0 Å². The van der Waals surface area contributed by atoms with Gasteiger partial charge in [0, 0.05) is 24.0 Å². The predicted octanol–water partition coefficient (Wildman–Crippen LogP) is 3.15. The highest BCUT2D eigenvalue weighted by molar-refractivity contribution is 7.99. The molecule has 0 aliphatic heterocycles. The van der Waals surface area contributed by atoms with Crippen LogP contribution in [0.25, 0.3) is 10.9 Å². The number of hydrogen-bond donors (Lipinski definition) is 2. The number of benzene rings is 1. The number of anilines is 1. The van der Waals surface area contributed by atoms with Crippen molar-refractivity contribution in [2.75, 3.05) is 12.4 Å². The third-order valence-corrected chi connectivity index (χ3v) is 3.49. The highest BCUT2D eigenvalue weighted by Crippen LogP contribution is 2.28. The SMILES string of the molecule is CNc1cc(Sc2cc3ccccc3[nH]2)ncn1. The van der Waals surface area contributed by atoms with Gasteiger partial charge in [-0.05, 0) is 12.1 Å². The minimum atomic E-state index is 0.823. The molecule has 2 N–H and O–H groups in total. The number of aromatic amines is 1. The van der Waals surface area contributed by atoms with Gasteiger partial charge in [0.05, 0.1) is 5.03 Å². The van der Waals surface area contributed by atoms with Crippen molar-refractivity contribution in [2.45, 2.75) is 10.1 Å². The van der Waals surface area contributed by atoms with Gasteiger partial charge in [-0.2, -0.15) is 0 Å². The van der Waals surface area contributed by atoms with Gasteiger partial charge < -0.3 is 10.3 Å². The van der Waals surface area contributed by atoms with Gasteiger partial charge in [0.15, 0.2) is 0 Å². The number of nitrogens with one attached hydrogen (secondary N) is 2. The summed E-state index contributed by atoms with van der Waals surface area (Å²) in [6, 6.07) is 12.3. The molecule has 0 aliphatic rings. The number of aromatic nitrogens is 3. The van der Waals surface area contributed by atoms with Crippen molar-refractivity contribution >= 4 is 28.5 Å². The highest BCUT2D eigenvalue weighted by Gasteiger charge is 2.04. The Morgan fingerprint density at radius 3 is 2.89 bits per heavy atom. The van der Waals surface area contributed by atoms with E-state index in [2.05, 4.69) is 38.5 Å². The van der Waals surface area contributed by atoms with Crippen molar-refractivity contribution in [1.82, 2.24) is 15.0 Å². The minimum absolute atomic E-state index is 0.823. The number of fused-ring (bicyclic) bond motifs is 1. The van der Waals surface area contributed by atoms with E-state index in [0.717, 1.165) is 21.4 Å². The average molecular weight is 256 g/mol. The van der Waals surface area contributed by atoms with Crippen molar-refractivity contribution in [3.05, 3.63) is 42.7 Å². The maximum absolute atomic E-state index is 4.24. The van der Waals surface area contributed by atoms with Crippen LogP contribution in [-0.2, 0) is 0 Å². The van der Waals surface area contributed by atoms with E-state index >= 15 is 0 Å². The lowest BCUT2D eigenvalue weighted by Crippen LogP contribution is -1.93. The molecule has 0 spiro atoms. The van der Waals surface area contributed by atoms with E-state index in [1.165, 1.54) is 5.39 Å². The summed E-state index contributed by atoms with van der Waals surface area (Å²) in [5.74, 6) is 0.823. The molecule has 4 nitrogen and oxygen atoms in total. The molecule has 2 aromatic heterocycles. The molecule has 3 rings (SSSR count). The first-order valence-electron chi connectivity index (χ1n) is 5.60. The predicted molar refractivity (Wildman–Crippen MR) is 74.0 cm³/mol. The van der Waals surface area contributed by atoms with Crippen LogP contribution >= 0.6 is 11.8 Å². The lowest BCUT2D eigenvalue weighted by atomic mass is 10.3. The van der Waals surface area contributed by atoms with Crippen LogP contribution in [0.5, 0.6) is 0 Å². The number of para-hydroxylation sites is 1. The lowest BCUT2D eigenvalue weighted by molar-refractivity contribution is 1.04. The van der Waals surface area contributed by atoms with E-state index in [1.54, 1.807) is 18.1 Å². The van der Waals surface area contributed by atoms with Crippen LogP contribution in [0.3, 0.4) is 0 Å². The molecular weight excluding hydrogens is 244 g/mol. The van der Waals surface area contributed by atoms with Crippen LogP contribution in [0.15, 0.2) is 52.8 Å². The smallest absolute Gasteiger partial charge is 0.130 e. The largest absolute Gasteiger partial charge is 0.373 e. The summed E-state index contributed by atoms with van der Waals surface area (Å²) in [6.07, 6.45) is 1.57. The molecule has 0 unspecified atom stereocenters. The van der Waals surface area contributed by atoms with Gasteiger partial charge >= 0.3 is 0 Å². The Balaban J connectivity index is 1.91. The second-order valence-corrected chi connectivity index (χ2v) is 4.88. The summed E-state index contributed by atoms with van der Waals surface area (Å²) < 4.78 is 0. The molecule has 3 aromatic rings. The third kappa shape index (κ3) is 2.17. The molecule has 0 fully saturated rings. The second kappa shape index (κ2) is 4.70. The molecule has 0 bridgehead atoms. The van der Waals surface area contributed by atoms with Gasteiger partial charge in [0.2, 0.25) is 0 Å². The quantitative estimate of drug-likeness (QED) is 0.707. The van der Waals surface area contributed by atoms with E-state index in [0.29, 0.717) is 0 Å². The fourth-order valence-electron chi connectivity index (χ4n) is 1.75. The highest BCUT2D eigenvalue weighted by atomic mass is 32.2. The fourth-order valence-corrected chi connectivity index (χ4v) is 2.59. The van der Waals surface area contributed by atoms with E-state index in [-0.39, 0.29) is 0 Å². The molecule has 0 saturated carbocycles. The summed E-state index contributed by atoms with van der Waals surface area (Å²) in [6.45, 7) is 0. The normalized spacial score (nSPS) is 10.7. The second-order valence-electron chi connectivity index (χ2n) is 3.81. The van der Waals surface area contributed by atoms with Crippen molar-refractivity contribution in [2.24, 2.45) is 0 Å². The summed E-state index contributed by atoms with van der Waals surface area (Å²) in [4.78, 5) is 11.7. The molecule has 5 heteroatoms. The first kappa shape index (κ1) is 11.1. The maximum atomic E-state index is 4.24. The van der Waals surface area contributed by atoms with E-state index < -0.39 is 0 Å². The van der Waals surface area contributed by atoms with Crippen LogP contribution < -0.4 is 5.32 Å². The molecule has 1 aromatic carbocycles. The van der Waals surface area contributed by atoms with Crippen molar-refractivity contribution in [1.29, 1.82) is 0 Å². The van der Waals surface area contributed by atoms with Gasteiger partial charge in [-0.1, -0.05) is 30.0 Å². The zero-order chi connectivity index (χ0) is 12.4. The average Bonchev–Trinajstić information content (AvgIpc) is 2.81. The first-order valence-corrected chi connectivity index (χ1v) is 6.42. The Morgan fingerprint density at radius 1 is 1.17 bits per heavy atom. The minimum Gasteiger partial charge on any atom is -0.373 e. The number of rotatable bonds is 3. The molecule has 2 heterocycles. The van der Waals surface area contributed by atoms with Gasteiger partial charge in [0.1, 0.15) is 17.2 Å². The Hall–Kier alpha value is -2.01. The van der Waals surface area contributed by atoms with Crippen LogP contribution in [0, 0.1) is 0 Å². The van der Waals surface area contributed by atoms with Gasteiger partial charge in [0.25, 0.3) is 0 Å². The zero-order valence-corrected chi connectivity index (χ0v) is 10.7. The van der Waals surface area contributed by atoms with Gasteiger partial charge in [-0.25, -0.2) is 9.97 Å². The molecule has 0 aliphatic carbocycles. The molecule has 0 saturated heterocycles. The summed E-state index contributed by atoms with van der Waals surface area (Å²) in [5.41, 5.74) is 1.14. The number of hydrogen-bond acceptors (Lipinski definition) is 4. The van der Waals surface area contributed by atoms with Crippen LogP contribution in [-0.4, -0.2) is 22.0 Å². The van der Waals surface area contributed by atoms with Crippen LogP contribution in [0.1, 0.15) is 0 Å². The Kier molecular flexibility index (Phi) is 2.90. The summed E-state index contributed by atoms with van der Waals surface area (Å²) in [7, 11) is 1.85. The summed E-state index contributed by atoms with van der Waals surface area (Å²) >= 11 is 1.60. The third-order valence-electron chi connectivity index (χ3n) is 2.62. The topological polar surface area (TPSA) is 53.6 Å². The first-order chi connectivity index (χ1) is 8.85. The van der Waals surface area contributed by atoms with E-state index in [4.69, 9.17) is 0 Å². The van der Waals surface area contributed by atoms with Gasteiger partial charge in [-0.3, -0.25) is 0 Å². The van der Waals surface area contributed by atoms with E-state index in [9.17, 15) is 0 Å². The van der Waals surface area contributed by atoms with Crippen molar-refractivity contribution in [3.63, 3.8) is 0 Å². The van der Waals surface area contributed by atoms with Crippen LogP contribution in [0.2, 0.25) is 0 Å². The molecule has 90 valence electrons. The lowest BCUT2D eigenvalue weighted by Gasteiger charge is -2.00. The molecule has 0 amide bonds. The molecule has 0 radical (unpaired) electrons. The molecule has 0 atom stereocenters. The fraction of sp³-hybridized carbons (Fsp3) is 0.0769. The molecular formula is C13H12N4S. The zero-order valence-electron chi connectivity index (χ0n) is 9.84. The number of H-pyrrole nitrogens is 1. The Bertz CT molecular complexity index is 644. The summed E-state index contributed by atoms with van der Waals surface area (Å²) in [5, 5.41) is 6.21. The maximum Gasteiger partial charge on any atom is 0.130 e. The molecule has 18 heavy (non-hydrogen) atoms. The van der Waals surface area contributed by atoms with Gasteiger partial charge in [-0.15, -0.1) is 0 Å². The van der Waals surface area contributed by atoms with Crippen LogP contribution in [0.4, 0.5) is 5.82 Å². The van der Waals surface area contributed by atoms with E-state index in [1.807, 2.05) is 25.2 Å².